The molecule has 2 rings (SSSR count). The van der Waals surface area contributed by atoms with E-state index in [9.17, 15) is 27.3 Å². The number of nitrogens with zero attached hydrogens (tertiary/aromatic N) is 1. The number of carbonyl (C=O) groups is 1. The lowest BCUT2D eigenvalue weighted by Gasteiger charge is -2.21. The first kappa shape index (κ1) is 27.8. The van der Waals surface area contributed by atoms with Crippen LogP contribution in [0, 0.1) is 5.82 Å². The lowest BCUT2D eigenvalue weighted by molar-refractivity contribution is -0.117. The van der Waals surface area contributed by atoms with Gasteiger partial charge in [-0.1, -0.05) is 33.8 Å². The maximum Gasteiger partial charge on any atom is 0.387 e. The van der Waals surface area contributed by atoms with Gasteiger partial charge in [-0.3, -0.25) is 4.79 Å². The second-order valence-corrected chi connectivity index (χ2v) is 11.0. The van der Waals surface area contributed by atoms with E-state index in [-0.39, 0.29) is 29.6 Å². The average molecular weight is 501 g/mol. The van der Waals surface area contributed by atoms with Crippen molar-refractivity contribution in [2.75, 3.05) is 0 Å². The number of hydrogen-bond acceptors (Lipinski definition) is 4. The molecule has 188 valence electrons. The van der Waals surface area contributed by atoms with Gasteiger partial charge in [0.05, 0.1) is 16.9 Å². The van der Waals surface area contributed by atoms with Crippen molar-refractivity contribution in [2.24, 2.45) is 9.50 Å². The molecule has 0 fully saturated rings. The minimum absolute atomic E-state index is 0.0212. The minimum Gasteiger partial charge on any atom is -0.435 e. The van der Waals surface area contributed by atoms with Gasteiger partial charge in [0.15, 0.2) is 0 Å². The van der Waals surface area contributed by atoms with Crippen molar-refractivity contribution in [1.82, 2.24) is 0 Å². The second kappa shape index (κ2) is 10.5. The first-order chi connectivity index (χ1) is 15.5. The number of ether oxygens (including phenoxy) is 1. The van der Waals surface area contributed by atoms with Crippen molar-refractivity contribution >= 4 is 15.8 Å². The Morgan fingerprint density at radius 3 is 2.06 bits per heavy atom. The number of amides is 1. The Morgan fingerprint density at radius 2 is 1.65 bits per heavy atom. The topological polar surface area (TPSA) is 102 Å². The number of aliphatic hydroxyl groups is 1. The molecule has 0 heterocycles. The zero-order chi connectivity index (χ0) is 26.0. The maximum atomic E-state index is 14.6. The molecule has 0 aromatic heterocycles. The summed E-state index contributed by atoms with van der Waals surface area (Å²) in [7, 11) is -3.92. The summed E-state index contributed by atoms with van der Waals surface area (Å²) in [6.07, 6.45) is -0.298. The molecular formula is C24H31F3N2O4S. The van der Waals surface area contributed by atoms with Crippen LogP contribution in [0.2, 0.25) is 0 Å². The standard InChI is InChI=1S/C24H31F3N2O4S/c1-13(2)17-10-16(33-23(26)27)11-18(14(3)4)19(17)12-22(30)29-34(28,32)21-8-7-15(9-20(21)25)24(5,6)31/h7-11,13-14,23,31H,12H2,1-6H3,(H2,28,29,30,32). The van der Waals surface area contributed by atoms with Crippen LogP contribution in [0.25, 0.3) is 0 Å². The van der Waals surface area contributed by atoms with E-state index >= 15 is 0 Å². The highest BCUT2D eigenvalue weighted by Crippen LogP contribution is 2.34. The van der Waals surface area contributed by atoms with Crippen LogP contribution in [0.1, 0.15) is 75.6 Å². The van der Waals surface area contributed by atoms with Crippen molar-refractivity contribution < 1.29 is 32.0 Å². The van der Waals surface area contributed by atoms with Crippen molar-refractivity contribution in [3.8, 4) is 5.75 Å². The number of halogens is 3. The largest absolute Gasteiger partial charge is 0.435 e. The van der Waals surface area contributed by atoms with E-state index in [0.717, 1.165) is 12.1 Å². The van der Waals surface area contributed by atoms with Gasteiger partial charge in [-0.25, -0.2) is 13.7 Å². The van der Waals surface area contributed by atoms with E-state index in [4.69, 9.17) is 5.14 Å². The zero-order valence-corrected chi connectivity index (χ0v) is 20.9. The zero-order valence-electron chi connectivity index (χ0n) is 20.1. The smallest absolute Gasteiger partial charge is 0.387 e. The number of benzene rings is 2. The van der Waals surface area contributed by atoms with E-state index in [1.54, 1.807) is 0 Å². The van der Waals surface area contributed by atoms with Crippen molar-refractivity contribution in [3.63, 3.8) is 0 Å². The summed E-state index contributed by atoms with van der Waals surface area (Å²) in [5.74, 6) is -2.11. The SMILES string of the molecule is CC(C)c1cc(OC(F)F)cc(C(C)C)c1CC(=O)N=S(N)(=O)c1ccc(C(C)(C)O)cc1F. The van der Waals surface area contributed by atoms with E-state index in [1.807, 2.05) is 27.7 Å². The third-order valence-corrected chi connectivity index (χ3v) is 6.72. The molecule has 0 aliphatic heterocycles. The first-order valence-corrected chi connectivity index (χ1v) is 12.3. The molecule has 1 atom stereocenters. The van der Waals surface area contributed by atoms with Gasteiger partial charge in [0.1, 0.15) is 21.5 Å². The van der Waals surface area contributed by atoms with Gasteiger partial charge in [-0.05, 0) is 72.2 Å². The lowest BCUT2D eigenvalue weighted by atomic mass is 9.86. The molecule has 0 spiro atoms. The second-order valence-electron chi connectivity index (χ2n) is 9.20. The summed E-state index contributed by atoms with van der Waals surface area (Å²) in [4.78, 5) is 12.4. The molecule has 0 aliphatic rings. The van der Waals surface area contributed by atoms with E-state index in [0.29, 0.717) is 16.7 Å². The fourth-order valence-electron chi connectivity index (χ4n) is 3.60. The molecule has 6 nitrogen and oxygen atoms in total. The average Bonchev–Trinajstić information content (AvgIpc) is 2.66. The highest BCUT2D eigenvalue weighted by atomic mass is 32.2. The molecule has 10 heteroatoms. The van der Waals surface area contributed by atoms with Gasteiger partial charge in [-0.2, -0.15) is 8.78 Å². The molecule has 0 radical (unpaired) electrons. The number of carbonyl (C=O) groups excluding carboxylic acids is 1. The summed E-state index contributed by atoms with van der Waals surface area (Å²) in [6.45, 7) is 7.27. The van der Waals surface area contributed by atoms with Crippen molar-refractivity contribution in [2.45, 2.75) is 76.9 Å². The van der Waals surface area contributed by atoms with E-state index < -0.39 is 38.7 Å². The summed E-state index contributed by atoms with van der Waals surface area (Å²) in [5, 5.41) is 15.8. The Kier molecular flexibility index (Phi) is 8.55. The van der Waals surface area contributed by atoms with Crippen LogP contribution in [-0.4, -0.2) is 21.8 Å². The summed E-state index contributed by atoms with van der Waals surface area (Å²) in [5.41, 5.74) is 0.671. The third-order valence-electron chi connectivity index (χ3n) is 5.28. The van der Waals surface area contributed by atoms with Crippen LogP contribution in [0.3, 0.4) is 0 Å². The first-order valence-electron chi connectivity index (χ1n) is 10.7. The van der Waals surface area contributed by atoms with Gasteiger partial charge in [0.2, 0.25) is 0 Å². The molecule has 2 aromatic rings. The molecule has 34 heavy (non-hydrogen) atoms. The van der Waals surface area contributed by atoms with Gasteiger partial charge < -0.3 is 9.84 Å². The molecule has 0 saturated heterocycles. The van der Waals surface area contributed by atoms with Gasteiger partial charge in [0.25, 0.3) is 5.91 Å². The van der Waals surface area contributed by atoms with E-state index in [2.05, 4.69) is 9.10 Å². The number of nitrogens with two attached hydrogens (primary N) is 1. The summed E-state index contributed by atoms with van der Waals surface area (Å²) < 4.78 is 61.3. The normalized spacial score (nSPS) is 13.9. The predicted octanol–water partition coefficient (Wildman–Crippen LogP) is 5.37. The Bertz CT molecular complexity index is 1150. The molecule has 2 aromatic carbocycles. The highest BCUT2D eigenvalue weighted by molar-refractivity contribution is 7.91. The van der Waals surface area contributed by atoms with Gasteiger partial charge in [0, 0.05) is 0 Å². The number of alkyl halides is 2. The van der Waals surface area contributed by atoms with Gasteiger partial charge in [-0.15, -0.1) is 4.36 Å². The molecule has 1 amide bonds. The van der Waals surface area contributed by atoms with Crippen molar-refractivity contribution in [1.29, 1.82) is 0 Å². The summed E-state index contributed by atoms with van der Waals surface area (Å²) >= 11 is 0. The molecule has 0 aliphatic carbocycles. The molecule has 0 bridgehead atoms. The monoisotopic (exact) mass is 500 g/mol. The lowest BCUT2D eigenvalue weighted by Crippen LogP contribution is -2.20. The third kappa shape index (κ3) is 6.80. The molecule has 0 saturated carbocycles. The molecule has 3 N–H and O–H groups in total. The van der Waals surface area contributed by atoms with Crippen LogP contribution < -0.4 is 9.88 Å². The van der Waals surface area contributed by atoms with Crippen LogP contribution in [0.4, 0.5) is 13.2 Å². The van der Waals surface area contributed by atoms with Crippen LogP contribution in [-0.2, 0) is 26.7 Å². The number of rotatable bonds is 8. The fraction of sp³-hybridized carbons (Fsp3) is 0.458. The Hall–Kier alpha value is -2.43. The molecular weight excluding hydrogens is 469 g/mol. The number of hydrogen-bond donors (Lipinski definition) is 2. The fourth-order valence-corrected chi connectivity index (χ4v) is 4.66. The Morgan fingerprint density at radius 1 is 1.12 bits per heavy atom. The quantitative estimate of drug-likeness (QED) is 0.509. The summed E-state index contributed by atoms with van der Waals surface area (Å²) in [6, 6.07) is 6.38. The maximum absolute atomic E-state index is 14.6. The Balaban J connectivity index is 2.51. The van der Waals surface area contributed by atoms with Gasteiger partial charge >= 0.3 is 6.61 Å². The minimum atomic E-state index is -3.92. The predicted molar refractivity (Wildman–Crippen MR) is 125 cm³/mol. The Labute approximate surface area is 198 Å². The van der Waals surface area contributed by atoms with E-state index in [1.165, 1.54) is 32.0 Å². The van der Waals surface area contributed by atoms with Crippen LogP contribution in [0.15, 0.2) is 39.6 Å². The van der Waals surface area contributed by atoms with Crippen molar-refractivity contribution in [3.05, 3.63) is 58.4 Å². The van der Waals surface area contributed by atoms with Crippen LogP contribution in [0.5, 0.6) is 5.75 Å². The van der Waals surface area contributed by atoms with Crippen LogP contribution >= 0.6 is 0 Å². The molecule has 1 unspecified atom stereocenters. The highest BCUT2D eigenvalue weighted by Gasteiger charge is 2.23.